The Morgan fingerprint density at radius 2 is 1.87 bits per heavy atom. The number of hydrogen-bond acceptors (Lipinski definition) is 6. The zero-order valence-electron chi connectivity index (χ0n) is 17.1. The summed E-state index contributed by atoms with van der Waals surface area (Å²) in [6.07, 6.45) is 3.49. The van der Waals surface area contributed by atoms with E-state index in [-0.39, 0.29) is 24.9 Å². The van der Waals surface area contributed by atoms with Gasteiger partial charge in [-0.1, -0.05) is 6.07 Å². The highest BCUT2D eigenvalue weighted by Crippen LogP contribution is 2.12. The molecule has 0 aliphatic heterocycles. The number of rotatable bonds is 10. The molecule has 0 unspecified atom stereocenters. The van der Waals surface area contributed by atoms with Gasteiger partial charge >= 0.3 is 12.0 Å². The van der Waals surface area contributed by atoms with Gasteiger partial charge in [-0.3, -0.25) is 14.6 Å². The zero-order chi connectivity index (χ0) is 21.8. The molecule has 0 saturated carbocycles. The molecular weight excluding hydrogens is 388 g/mol. The largest absolute Gasteiger partial charge is 0.469 e. The summed E-state index contributed by atoms with van der Waals surface area (Å²) in [6.45, 7) is 1.40. The lowest BCUT2D eigenvalue weighted by Gasteiger charge is -2.23. The molecule has 1 aromatic carbocycles. The van der Waals surface area contributed by atoms with Crippen LogP contribution in [-0.2, 0) is 20.8 Å². The molecule has 0 spiro atoms. The van der Waals surface area contributed by atoms with E-state index in [0.717, 1.165) is 5.56 Å². The minimum atomic E-state index is -0.391. The predicted molar refractivity (Wildman–Crippen MR) is 111 cm³/mol. The van der Waals surface area contributed by atoms with Crippen molar-refractivity contribution in [1.82, 2.24) is 15.2 Å². The summed E-state index contributed by atoms with van der Waals surface area (Å²) in [5, 5.41) is 5.46. The third-order valence-corrected chi connectivity index (χ3v) is 4.19. The predicted octanol–water partition coefficient (Wildman–Crippen LogP) is 2.05. The first-order valence-electron chi connectivity index (χ1n) is 9.42. The summed E-state index contributed by atoms with van der Waals surface area (Å²) >= 11 is 0. The number of urea groups is 1. The number of nitrogens with zero attached hydrogens (tertiary/aromatic N) is 2. The van der Waals surface area contributed by atoms with Gasteiger partial charge in [-0.15, -0.1) is 0 Å². The van der Waals surface area contributed by atoms with Crippen molar-refractivity contribution in [3.05, 3.63) is 59.9 Å². The normalized spacial score (nSPS) is 10.2. The fraction of sp³-hybridized carbons (Fsp3) is 0.333. The second-order valence-corrected chi connectivity index (χ2v) is 6.37. The molecular formula is C21H26N4O5. The molecule has 3 amide bonds. The van der Waals surface area contributed by atoms with E-state index in [1.165, 1.54) is 7.11 Å². The van der Waals surface area contributed by atoms with Crippen LogP contribution in [0.4, 0.5) is 10.5 Å². The molecule has 2 rings (SSSR count). The number of amides is 3. The third kappa shape index (κ3) is 7.51. The maximum absolute atomic E-state index is 12.7. The van der Waals surface area contributed by atoms with Crippen LogP contribution in [0.5, 0.6) is 0 Å². The molecule has 0 saturated heterocycles. The summed E-state index contributed by atoms with van der Waals surface area (Å²) in [6, 6.07) is 9.92. The lowest BCUT2D eigenvalue weighted by Crippen LogP contribution is -2.36. The number of nitrogens with one attached hydrogen (secondary N) is 2. The van der Waals surface area contributed by atoms with E-state index in [4.69, 9.17) is 4.74 Å². The zero-order valence-corrected chi connectivity index (χ0v) is 17.1. The number of anilines is 1. The smallest absolute Gasteiger partial charge is 0.322 e. The maximum atomic E-state index is 12.7. The average molecular weight is 414 g/mol. The molecule has 160 valence electrons. The third-order valence-electron chi connectivity index (χ3n) is 4.19. The Bertz CT molecular complexity index is 827. The molecule has 30 heavy (non-hydrogen) atoms. The molecule has 0 fully saturated rings. The van der Waals surface area contributed by atoms with Crippen molar-refractivity contribution in [3.8, 4) is 0 Å². The SMILES string of the molecule is COCCN(Cc1cccnc1)C(=O)Nc1ccc(C(=O)NCCC(=O)OC)cc1. The van der Waals surface area contributed by atoms with Crippen molar-refractivity contribution < 1.29 is 23.9 Å². The molecule has 9 nitrogen and oxygen atoms in total. The summed E-state index contributed by atoms with van der Waals surface area (Å²) in [4.78, 5) is 41.6. The van der Waals surface area contributed by atoms with Crippen LogP contribution in [0.25, 0.3) is 0 Å². The first kappa shape index (κ1) is 22.8. The Morgan fingerprint density at radius 1 is 1.10 bits per heavy atom. The van der Waals surface area contributed by atoms with Crippen molar-refractivity contribution in [2.75, 3.05) is 39.2 Å². The molecule has 0 aliphatic carbocycles. The second-order valence-electron chi connectivity index (χ2n) is 6.37. The first-order chi connectivity index (χ1) is 14.5. The number of hydrogen-bond donors (Lipinski definition) is 2. The maximum Gasteiger partial charge on any atom is 0.322 e. The Labute approximate surface area is 175 Å². The minimum Gasteiger partial charge on any atom is -0.469 e. The van der Waals surface area contributed by atoms with Crippen LogP contribution in [0.2, 0.25) is 0 Å². The number of carbonyl (C=O) groups is 3. The number of ether oxygens (including phenoxy) is 2. The monoisotopic (exact) mass is 414 g/mol. The molecule has 0 atom stereocenters. The Hall–Kier alpha value is -3.46. The van der Waals surface area contributed by atoms with Crippen LogP contribution < -0.4 is 10.6 Å². The van der Waals surface area contributed by atoms with E-state index in [2.05, 4.69) is 20.4 Å². The number of benzene rings is 1. The highest BCUT2D eigenvalue weighted by Gasteiger charge is 2.15. The van der Waals surface area contributed by atoms with Crippen LogP contribution in [0.15, 0.2) is 48.8 Å². The average Bonchev–Trinajstić information content (AvgIpc) is 2.77. The van der Waals surface area contributed by atoms with Crippen molar-refractivity contribution in [2.24, 2.45) is 0 Å². The first-order valence-corrected chi connectivity index (χ1v) is 9.42. The molecule has 2 N–H and O–H groups in total. The number of pyridine rings is 1. The van der Waals surface area contributed by atoms with Crippen molar-refractivity contribution in [3.63, 3.8) is 0 Å². The van der Waals surface area contributed by atoms with Gasteiger partial charge < -0.3 is 25.0 Å². The molecule has 9 heteroatoms. The number of esters is 1. The quantitative estimate of drug-likeness (QED) is 0.576. The van der Waals surface area contributed by atoms with Gasteiger partial charge in [0.1, 0.15) is 0 Å². The standard InChI is InChI=1S/C21H26N4O5/c1-29-13-12-25(15-16-4-3-10-22-14-16)21(28)24-18-7-5-17(6-8-18)20(27)23-11-9-19(26)30-2/h3-8,10,14H,9,11-13,15H2,1-2H3,(H,23,27)(H,24,28). The Kier molecular flexibility index (Phi) is 9.26. The lowest BCUT2D eigenvalue weighted by molar-refractivity contribution is -0.140. The van der Waals surface area contributed by atoms with E-state index in [9.17, 15) is 14.4 Å². The van der Waals surface area contributed by atoms with E-state index in [1.54, 1.807) is 48.7 Å². The van der Waals surface area contributed by atoms with Crippen LogP contribution in [0, 0.1) is 0 Å². The molecule has 0 radical (unpaired) electrons. The van der Waals surface area contributed by atoms with Crippen molar-refractivity contribution in [2.45, 2.75) is 13.0 Å². The van der Waals surface area contributed by atoms with Gasteiger partial charge in [0.15, 0.2) is 0 Å². The summed E-state index contributed by atoms with van der Waals surface area (Å²) in [5.41, 5.74) is 1.88. The van der Waals surface area contributed by atoms with Crippen LogP contribution >= 0.6 is 0 Å². The van der Waals surface area contributed by atoms with Gasteiger partial charge in [-0.2, -0.15) is 0 Å². The Morgan fingerprint density at radius 3 is 2.50 bits per heavy atom. The highest BCUT2D eigenvalue weighted by atomic mass is 16.5. The van der Waals surface area contributed by atoms with Crippen LogP contribution in [0.1, 0.15) is 22.3 Å². The fourth-order valence-corrected chi connectivity index (χ4v) is 2.56. The van der Waals surface area contributed by atoms with Crippen molar-refractivity contribution >= 4 is 23.6 Å². The van der Waals surface area contributed by atoms with Gasteiger partial charge in [0.2, 0.25) is 0 Å². The summed E-state index contributed by atoms with van der Waals surface area (Å²) in [7, 11) is 2.87. The van der Waals surface area contributed by atoms with Crippen LogP contribution in [0.3, 0.4) is 0 Å². The number of carbonyl (C=O) groups excluding carboxylic acids is 3. The summed E-state index contributed by atoms with van der Waals surface area (Å²) < 4.78 is 9.62. The van der Waals surface area contributed by atoms with Gasteiger partial charge in [0.25, 0.3) is 5.91 Å². The fourth-order valence-electron chi connectivity index (χ4n) is 2.56. The molecule has 1 heterocycles. The molecule has 0 aliphatic rings. The van der Waals surface area contributed by atoms with Gasteiger partial charge in [-0.25, -0.2) is 4.79 Å². The van der Waals surface area contributed by atoms with Crippen molar-refractivity contribution in [1.29, 1.82) is 0 Å². The van der Waals surface area contributed by atoms with E-state index in [1.807, 2.05) is 12.1 Å². The highest BCUT2D eigenvalue weighted by molar-refractivity contribution is 5.95. The van der Waals surface area contributed by atoms with Gasteiger partial charge in [0.05, 0.1) is 20.1 Å². The molecule has 2 aromatic rings. The van der Waals surface area contributed by atoms with E-state index in [0.29, 0.717) is 30.9 Å². The topological polar surface area (TPSA) is 110 Å². The van der Waals surface area contributed by atoms with Gasteiger partial charge in [0, 0.05) is 50.4 Å². The van der Waals surface area contributed by atoms with E-state index >= 15 is 0 Å². The van der Waals surface area contributed by atoms with Gasteiger partial charge in [-0.05, 0) is 35.9 Å². The number of aromatic nitrogens is 1. The number of methoxy groups -OCH3 is 2. The minimum absolute atomic E-state index is 0.102. The Balaban J connectivity index is 1.93. The summed E-state index contributed by atoms with van der Waals surface area (Å²) in [5.74, 6) is -0.701. The molecule has 0 bridgehead atoms. The second kappa shape index (κ2) is 12.2. The molecule has 1 aromatic heterocycles. The van der Waals surface area contributed by atoms with E-state index < -0.39 is 5.97 Å². The lowest BCUT2D eigenvalue weighted by atomic mass is 10.2. The van der Waals surface area contributed by atoms with Crippen LogP contribution in [-0.4, -0.2) is 61.7 Å².